The second kappa shape index (κ2) is 10.8. The van der Waals surface area contributed by atoms with Crippen LogP contribution in [0.3, 0.4) is 0 Å². The number of amides is 1. The Balaban J connectivity index is 1.94. The summed E-state index contributed by atoms with van der Waals surface area (Å²) in [5.74, 6) is 0.537. The second-order valence-electron chi connectivity index (χ2n) is 7.11. The third-order valence-electron chi connectivity index (χ3n) is 4.51. The quantitative estimate of drug-likeness (QED) is 0.441. The lowest BCUT2D eigenvalue weighted by molar-refractivity contribution is 0.0953. The van der Waals surface area contributed by atoms with Gasteiger partial charge in [0.1, 0.15) is 0 Å². The monoisotopic (exact) mass is 430 g/mol. The van der Waals surface area contributed by atoms with E-state index < -0.39 is 9.84 Å². The van der Waals surface area contributed by atoms with Crippen molar-refractivity contribution in [1.29, 1.82) is 0 Å². The number of benzene rings is 2. The van der Waals surface area contributed by atoms with Crippen molar-refractivity contribution in [2.45, 2.75) is 38.3 Å². The van der Waals surface area contributed by atoms with Crippen LogP contribution in [0, 0.1) is 6.92 Å². The molecular formula is C22H30N4O3S. The van der Waals surface area contributed by atoms with Gasteiger partial charge in [0.15, 0.2) is 15.8 Å². The fourth-order valence-corrected chi connectivity index (χ4v) is 3.95. The molecule has 2 aromatic carbocycles. The van der Waals surface area contributed by atoms with Crippen molar-refractivity contribution in [1.82, 2.24) is 16.0 Å². The molecule has 2 aromatic rings. The van der Waals surface area contributed by atoms with Gasteiger partial charge in [0.2, 0.25) is 0 Å². The summed E-state index contributed by atoms with van der Waals surface area (Å²) in [6.45, 7) is 5.48. The van der Waals surface area contributed by atoms with Gasteiger partial charge in [-0.1, -0.05) is 31.2 Å². The third kappa shape index (κ3) is 6.88. The molecule has 0 atom stereocenters. The van der Waals surface area contributed by atoms with Crippen LogP contribution in [-0.2, 0) is 22.9 Å². The summed E-state index contributed by atoms with van der Waals surface area (Å²) in [7, 11) is -1.54. The number of guanidine groups is 1. The van der Waals surface area contributed by atoms with Gasteiger partial charge in [-0.3, -0.25) is 9.79 Å². The number of nitrogens with one attached hydrogen (secondary N) is 3. The van der Waals surface area contributed by atoms with Gasteiger partial charge in [-0.25, -0.2) is 8.42 Å². The fraction of sp³-hybridized carbons (Fsp3) is 0.364. The molecular weight excluding hydrogens is 400 g/mol. The van der Waals surface area contributed by atoms with Crippen molar-refractivity contribution in [2.24, 2.45) is 4.99 Å². The van der Waals surface area contributed by atoms with Gasteiger partial charge >= 0.3 is 0 Å². The van der Waals surface area contributed by atoms with Gasteiger partial charge in [0.05, 0.1) is 4.90 Å². The van der Waals surface area contributed by atoms with E-state index in [1.807, 2.05) is 31.2 Å². The minimum absolute atomic E-state index is 0.0749. The molecule has 162 valence electrons. The molecule has 0 spiro atoms. The predicted octanol–water partition coefficient (Wildman–Crippen LogP) is 2.40. The van der Waals surface area contributed by atoms with E-state index in [0.29, 0.717) is 36.1 Å². The number of aryl methyl sites for hydroxylation is 1. The van der Waals surface area contributed by atoms with Crippen LogP contribution in [0.1, 0.15) is 40.4 Å². The molecule has 0 fully saturated rings. The minimum atomic E-state index is -3.23. The fourth-order valence-electron chi connectivity index (χ4n) is 2.99. The zero-order valence-electron chi connectivity index (χ0n) is 18.0. The molecule has 8 heteroatoms. The molecule has 0 saturated carbocycles. The highest BCUT2D eigenvalue weighted by Gasteiger charge is 2.11. The average Bonchev–Trinajstić information content (AvgIpc) is 2.71. The molecule has 7 nitrogen and oxygen atoms in total. The van der Waals surface area contributed by atoms with Crippen LogP contribution in [0.4, 0.5) is 0 Å². The Labute approximate surface area is 178 Å². The SMILES string of the molecule is CCCNC(=O)c1cccc(CNC(=NC)NCc2ccc(S(C)(=O)=O)c(C)c2)c1. The molecule has 30 heavy (non-hydrogen) atoms. The standard InChI is InChI=1S/C22H30N4O3S/c1-5-11-24-21(27)19-8-6-7-17(13-19)14-25-22(23-3)26-15-18-9-10-20(16(2)12-18)30(4,28)29/h6-10,12-13H,5,11,14-15H2,1-4H3,(H,24,27)(H2,23,25,26). The van der Waals surface area contributed by atoms with E-state index in [9.17, 15) is 13.2 Å². The summed E-state index contributed by atoms with van der Waals surface area (Å²) in [4.78, 5) is 16.7. The topological polar surface area (TPSA) is 99.7 Å². The van der Waals surface area contributed by atoms with E-state index in [1.165, 1.54) is 6.26 Å². The van der Waals surface area contributed by atoms with Gasteiger partial charge in [-0.2, -0.15) is 0 Å². The van der Waals surface area contributed by atoms with Crippen LogP contribution < -0.4 is 16.0 Å². The summed E-state index contributed by atoms with van der Waals surface area (Å²) >= 11 is 0. The predicted molar refractivity (Wildman–Crippen MR) is 120 cm³/mol. The lowest BCUT2D eigenvalue weighted by Crippen LogP contribution is -2.36. The zero-order valence-corrected chi connectivity index (χ0v) is 18.8. The van der Waals surface area contributed by atoms with Crippen LogP contribution in [-0.4, -0.2) is 40.1 Å². The van der Waals surface area contributed by atoms with E-state index in [4.69, 9.17) is 0 Å². The van der Waals surface area contributed by atoms with Crippen molar-refractivity contribution in [2.75, 3.05) is 19.8 Å². The number of carbonyl (C=O) groups is 1. The normalized spacial score (nSPS) is 11.8. The van der Waals surface area contributed by atoms with Crippen LogP contribution in [0.15, 0.2) is 52.4 Å². The maximum absolute atomic E-state index is 12.1. The van der Waals surface area contributed by atoms with Crippen molar-refractivity contribution in [3.05, 3.63) is 64.7 Å². The number of sulfone groups is 1. The van der Waals surface area contributed by atoms with E-state index in [-0.39, 0.29) is 5.91 Å². The molecule has 0 aromatic heterocycles. The molecule has 0 radical (unpaired) electrons. The number of nitrogens with zero attached hydrogens (tertiary/aromatic N) is 1. The van der Waals surface area contributed by atoms with Gasteiger partial charge in [-0.15, -0.1) is 0 Å². The third-order valence-corrected chi connectivity index (χ3v) is 5.76. The van der Waals surface area contributed by atoms with Gasteiger partial charge in [0, 0.05) is 38.5 Å². The van der Waals surface area contributed by atoms with Crippen molar-refractivity contribution in [3.8, 4) is 0 Å². The Morgan fingerprint density at radius 2 is 1.67 bits per heavy atom. The molecule has 0 aliphatic carbocycles. The summed E-state index contributed by atoms with van der Waals surface area (Å²) in [6.07, 6.45) is 2.10. The van der Waals surface area contributed by atoms with Gasteiger partial charge in [0.25, 0.3) is 5.91 Å². The smallest absolute Gasteiger partial charge is 0.251 e. The zero-order chi connectivity index (χ0) is 22.1. The van der Waals surface area contributed by atoms with E-state index in [0.717, 1.165) is 23.1 Å². The Morgan fingerprint density at radius 1 is 1.00 bits per heavy atom. The molecule has 2 rings (SSSR count). The summed E-state index contributed by atoms with van der Waals surface area (Å²) in [5, 5.41) is 9.32. The van der Waals surface area contributed by atoms with E-state index >= 15 is 0 Å². The number of hydrogen-bond donors (Lipinski definition) is 3. The highest BCUT2D eigenvalue weighted by atomic mass is 32.2. The summed E-state index contributed by atoms with van der Waals surface area (Å²) < 4.78 is 23.5. The van der Waals surface area contributed by atoms with Crippen LogP contribution in [0.2, 0.25) is 0 Å². The van der Waals surface area contributed by atoms with Crippen molar-refractivity contribution in [3.63, 3.8) is 0 Å². The molecule has 0 saturated heterocycles. The number of carbonyl (C=O) groups excluding carboxylic acids is 1. The van der Waals surface area contributed by atoms with Crippen LogP contribution in [0.25, 0.3) is 0 Å². The number of rotatable bonds is 8. The summed E-state index contributed by atoms with van der Waals surface area (Å²) in [6, 6.07) is 12.7. The number of aliphatic imine (C=N–C) groups is 1. The maximum atomic E-state index is 12.1. The largest absolute Gasteiger partial charge is 0.352 e. The van der Waals surface area contributed by atoms with Crippen molar-refractivity contribution < 1.29 is 13.2 Å². The molecule has 0 aliphatic rings. The molecule has 0 heterocycles. The average molecular weight is 431 g/mol. The van der Waals surface area contributed by atoms with Crippen molar-refractivity contribution >= 4 is 21.7 Å². The highest BCUT2D eigenvalue weighted by Crippen LogP contribution is 2.16. The Morgan fingerprint density at radius 3 is 2.23 bits per heavy atom. The van der Waals surface area contributed by atoms with Crippen LogP contribution >= 0.6 is 0 Å². The van der Waals surface area contributed by atoms with Gasteiger partial charge < -0.3 is 16.0 Å². The Bertz CT molecular complexity index is 1020. The lowest BCUT2D eigenvalue weighted by atomic mass is 10.1. The second-order valence-corrected chi connectivity index (χ2v) is 9.09. The molecule has 0 bridgehead atoms. The minimum Gasteiger partial charge on any atom is -0.352 e. The first kappa shape index (κ1) is 23.4. The van der Waals surface area contributed by atoms with E-state index in [2.05, 4.69) is 20.9 Å². The molecule has 0 unspecified atom stereocenters. The Kier molecular flexibility index (Phi) is 8.41. The summed E-state index contributed by atoms with van der Waals surface area (Å²) in [5.41, 5.74) is 3.28. The van der Waals surface area contributed by atoms with E-state index in [1.54, 1.807) is 32.2 Å². The first-order valence-electron chi connectivity index (χ1n) is 9.85. The first-order valence-corrected chi connectivity index (χ1v) is 11.7. The lowest BCUT2D eigenvalue weighted by Gasteiger charge is -2.13. The molecule has 0 aliphatic heterocycles. The van der Waals surface area contributed by atoms with Crippen LogP contribution in [0.5, 0.6) is 0 Å². The maximum Gasteiger partial charge on any atom is 0.251 e. The molecule has 1 amide bonds. The van der Waals surface area contributed by atoms with Gasteiger partial charge in [-0.05, 0) is 48.2 Å². The highest BCUT2D eigenvalue weighted by molar-refractivity contribution is 7.90. The number of hydrogen-bond acceptors (Lipinski definition) is 4. The first-order chi connectivity index (χ1) is 14.2. The Hall–Kier alpha value is -2.87. The molecule has 3 N–H and O–H groups in total.